The zero-order valence-corrected chi connectivity index (χ0v) is 9.83. The van der Waals surface area contributed by atoms with E-state index in [9.17, 15) is 4.79 Å². The van der Waals surface area contributed by atoms with E-state index in [1.54, 1.807) is 12.1 Å². The van der Waals surface area contributed by atoms with Crippen molar-refractivity contribution >= 4 is 56.2 Å². The van der Waals surface area contributed by atoms with Gasteiger partial charge in [0.2, 0.25) is 5.01 Å². The first-order valence-electron chi connectivity index (χ1n) is 3.70. The molecule has 2 rings (SSSR count). The van der Waals surface area contributed by atoms with Gasteiger partial charge in [-0.05, 0) is 12.1 Å². The molecule has 0 fully saturated rings. The number of hydrogen-bond acceptors (Lipinski definition) is 5. The fourth-order valence-electron chi connectivity index (χ4n) is 1.09. The van der Waals surface area contributed by atoms with E-state index in [0.717, 1.165) is 10.2 Å². The van der Waals surface area contributed by atoms with Crippen molar-refractivity contribution in [3.8, 4) is 0 Å². The zero-order chi connectivity index (χ0) is 10.1. The molecule has 0 saturated heterocycles. The number of benzene rings is 1. The van der Waals surface area contributed by atoms with Crippen LogP contribution in [0, 0.1) is 0 Å². The van der Waals surface area contributed by atoms with E-state index >= 15 is 0 Å². The number of nitrogens with two attached hydrogens (primary N) is 1. The monoisotopic (exact) mass is 320 g/mol. The predicted octanol–water partition coefficient (Wildman–Crippen LogP) is 2.39. The van der Waals surface area contributed by atoms with Gasteiger partial charge in [-0.15, -0.1) is 11.3 Å². The summed E-state index contributed by atoms with van der Waals surface area (Å²) >= 11 is 2.78. The van der Waals surface area contributed by atoms with Gasteiger partial charge in [0, 0.05) is 0 Å². The van der Waals surface area contributed by atoms with Gasteiger partial charge < -0.3 is 8.80 Å². The molecule has 72 valence electrons. The second kappa shape index (κ2) is 3.70. The highest BCUT2D eigenvalue weighted by Crippen LogP contribution is 2.27. The highest BCUT2D eigenvalue weighted by molar-refractivity contribution is 14.1. The molecule has 0 saturated carbocycles. The summed E-state index contributed by atoms with van der Waals surface area (Å²) < 4.78 is 5.37. The number of thiazole rings is 1. The summed E-state index contributed by atoms with van der Waals surface area (Å²) in [5.41, 5.74) is 7.09. The zero-order valence-electron chi connectivity index (χ0n) is 6.86. The number of anilines is 1. The van der Waals surface area contributed by atoms with Crippen LogP contribution in [0.4, 0.5) is 5.69 Å². The number of aromatic nitrogens is 1. The standard InChI is InChI=1S/C8H5IN2O2S/c9-13-8(12)7-11-5-3-1-2-4(10)6(5)14-7/h1-3H,10H2. The number of nitrogens with zero attached hydrogens (tertiary/aromatic N) is 1. The van der Waals surface area contributed by atoms with Crippen LogP contribution in [0.3, 0.4) is 0 Å². The van der Waals surface area contributed by atoms with Crippen molar-refractivity contribution in [1.29, 1.82) is 0 Å². The lowest BCUT2D eigenvalue weighted by atomic mass is 10.3. The third kappa shape index (κ3) is 1.55. The maximum atomic E-state index is 11.2. The number of hydrogen-bond donors (Lipinski definition) is 1. The lowest BCUT2D eigenvalue weighted by molar-refractivity contribution is 0.0800. The first-order valence-corrected chi connectivity index (χ1v) is 5.40. The molecule has 1 aromatic heterocycles. The third-order valence-corrected chi connectivity index (χ3v) is 3.19. The fourth-order valence-corrected chi connectivity index (χ4v) is 2.32. The first-order chi connectivity index (χ1) is 6.72. The normalized spacial score (nSPS) is 10.4. The van der Waals surface area contributed by atoms with Gasteiger partial charge in [0.15, 0.2) is 23.0 Å². The molecule has 0 aliphatic carbocycles. The Bertz CT molecular complexity index is 497. The molecule has 4 nitrogen and oxygen atoms in total. The Morgan fingerprint density at radius 1 is 1.57 bits per heavy atom. The van der Waals surface area contributed by atoms with Gasteiger partial charge in [-0.1, -0.05) is 6.07 Å². The maximum absolute atomic E-state index is 11.2. The van der Waals surface area contributed by atoms with Gasteiger partial charge >= 0.3 is 5.97 Å². The molecule has 0 radical (unpaired) electrons. The molecule has 2 aromatic rings. The summed E-state index contributed by atoms with van der Waals surface area (Å²) in [6.07, 6.45) is 0. The van der Waals surface area contributed by atoms with E-state index in [-0.39, 0.29) is 0 Å². The van der Waals surface area contributed by atoms with Crippen LogP contribution in [0.5, 0.6) is 0 Å². The fraction of sp³-hybridized carbons (Fsp3) is 0. The van der Waals surface area contributed by atoms with E-state index in [4.69, 9.17) is 5.73 Å². The molecule has 0 atom stereocenters. The molecule has 2 N–H and O–H groups in total. The van der Waals surface area contributed by atoms with E-state index in [2.05, 4.69) is 8.05 Å². The number of carbonyl (C=O) groups excluding carboxylic acids is 1. The van der Waals surface area contributed by atoms with E-state index < -0.39 is 5.97 Å². The Hall–Kier alpha value is -0.890. The van der Waals surface area contributed by atoms with Gasteiger partial charge in [0.05, 0.1) is 15.9 Å². The molecule has 0 unspecified atom stereocenters. The molecule has 0 aliphatic heterocycles. The molecule has 0 amide bonds. The summed E-state index contributed by atoms with van der Waals surface area (Å²) in [7, 11) is 0. The van der Waals surface area contributed by atoms with Crippen LogP contribution < -0.4 is 5.73 Å². The molecule has 14 heavy (non-hydrogen) atoms. The maximum Gasteiger partial charge on any atom is 0.376 e. The molecule has 1 aromatic carbocycles. The quantitative estimate of drug-likeness (QED) is 0.647. The van der Waals surface area contributed by atoms with E-state index in [0.29, 0.717) is 10.7 Å². The SMILES string of the molecule is Nc1cccc2nc(C(=O)OI)sc12. The predicted molar refractivity (Wildman–Crippen MR) is 63.5 cm³/mol. The lowest BCUT2D eigenvalue weighted by Gasteiger charge is -1.90. The summed E-state index contributed by atoms with van der Waals surface area (Å²) in [5, 5.41) is 0.326. The molecule has 0 spiro atoms. The van der Waals surface area contributed by atoms with Gasteiger partial charge in [0.1, 0.15) is 0 Å². The summed E-state index contributed by atoms with van der Waals surface area (Å²) in [6, 6.07) is 5.39. The topological polar surface area (TPSA) is 65.2 Å². The van der Waals surface area contributed by atoms with Crippen LogP contribution in [-0.2, 0) is 3.07 Å². The molecule has 0 aliphatic rings. The first kappa shape index (κ1) is 9.66. The van der Waals surface area contributed by atoms with Crippen molar-refractivity contribution in [2.75, 3.05) is 5.73 Å². The molecule has 1 heterocycles. The highest BCUT2D eigenvalue weighted by atomic mass is 127. The second-order valence-electron chi connectivity index (χ2n) is 2.58. The Morgan fingerprint density at radius 3 is 3.00 bits per heavy atom. The molecular formula is C8H5IN2O2S. The van der Waals surface area contributed by atoms with Crippen LogP contribution in [-0.4, -0.2) is 11.0 Å². The summed E-state index contributed by atoms with van der Waals surface area (Å²) in [4.78, 5) is 15.3. The van der Waals surface area contributed by atoms with Gasteiger partial charge in [0.25, 0.3) is 0 Å². The second-order valence-corrected chi connectivity index (χ2v) is 4.02. The number of rotatable bonds is 1. The van der Waals surface area contributed by atoms with Crippen LogP contribution >= 0.6 is 34.3 Å². The Kier molecular flexibility index (Phi) is 2.55. The number of nitrogen functional groups attached to an aromatic ring is 1. The van der Waals surface area contributed by atoms with Gasteiger partial charge in [-0.25, -0.2) is 9.78 Å². The molecule has 0 bridgehead atoms. The van der Waals surface area contributed by atoms with Crippen LogP contribution in [0.25, 0.3) is 10.2 Å². The van der Waals surface area contributed by atoms with Crippen molar-refractivity contribution in [3.05, 3.63) is 23.2 Å². The Balaban J connectivity index is 2.62. The minimum atomic E-state index is -0.439. The van der Waals surface area contributed by atoms with Crippen molar-refractivity contribution in [3.63, 3.8) is 0 Å². The molecule has 6 heteroatoms. The Morgan fingerprint density at radius 2 is 2.36 bits per heavy atom. The largest absolute Gasteiger partial charge is 0.398 e. The average Bonchev–Trinajstić information content (AvgIpc) is 2.62. The van der Waals surface area contributed by atoms with Crippen LogP contribution in [0.1, 0.15) is 9.80 Å². The van der Waals surface area contributed by atoms with E-state index in [1.165, 1.54) is 34.3 Å². The van der Waals surface area contributed by atoms with Gasteiger partial charge in [-0.3, -0.25) is 0 Å². The summed E-state index contributed by atoms with van der Waals surface area (Å²) in [5.74, 6) is -0.439. The smallest absolute Gasteiger partial charge is 0.376 e. The van der Waals surface area contributed by atoms with Crippen LogP contribution in [0.15, 0.2) is 18.2 Å². The summed E-state index contributed by atoms with van der Waals surface area (Å²) in [6.45, 7) is 0. The number of halogens is 1. The Labute approximate surface area is 97.8 Å². The van der Waals surface area contributed by atoms with Gasteiger partial charge in [-0.2, -0.15) is 0 Å². The lowest BCUT2D eigenvalue weighted by Crippen LogP contribution is -1.95. The van der Waals surface area contributed by atoms with Crippen molar-refractivity contribution < 1.29 is 7.86 Å². The minimum Gasteiger partial charge on any atom is -0.398 e. The van der Waals surface area contributed by atoms with E-state index in [1.807, 2.05) is 6.07 Å². The van der Waals surface area contributed by atoms with Crippen molar-refractivity contribution in [2.24, 2.45) is 0 Å². The van der Waals surface area contributed by atoms with Crippen molar-refractivity contribution in [1.82, 2.24) is 4.98 Å². The number of carbonyl (C=O) groups is 1. The minimum absolute atomic E-state index is 0.326. The third-order valence-electron chi connectivity index (χ3n) is 1.69. The highest BCUT2D eigenvalue weighted by Gasteiger charge is 2.13. The average molecular weight is 320 g/mol. The number of fused-ring (bicyclic) bond motifs is 1. The van der Waals surface area contributed by atoms with Crippen molar-refractivity contribution in [2.45, 2.75) is 0 Å². The molecular weight excluding hydrogens is 315 g/mol. The van der Waals surface area contributed by atoms with Crippen LogP contribution in [0.2, 0.25) is 0 Å².